The van der Waals surface area contributed by atoms with Crippen molar-refractivity contribution >= 4 is 11.9 Å². The van der Waals surface area contributed by atoms with Crippen molar-refractivity contribution in [1.82, 2.24) is 0 Å². The van der Waals surface area contributed by atoms with Gasteiger partial charge in [0, 0.05) is 0 Å². The van der Waals surface area contributed by atoms with Gasteiger partial charge in [0.2, 0.25) is 0 Å². The molecule has 0 saturated heterocycles. The molecule has 0 saturated carbocycles. The molecule has 0 aromatic rings. The molecule has 14 heavy (non-hydrogen) atoms. The molecule has 4 nitrogen and oxygen atoms in total. The molecule has 0 radical (unpaired) electrons. The van der Waals surface area contributed by atoms with Crippen LogP contribution < -0.4 is 0 Å². The molecule has 0 spiro atoms. The first-order valence-corrected chi connectivity index (χ1v) is 4.60. The van der Waals surface area contributed by atoms with Gasteiger partial charge in [-0.3, -0.25) is 9.59 Å². The second-order valence-corrected chi connectivity index (χ2v) is 2.60. The van der Waals surface area contributed by atoms with E-state index in [2.05, 4.69) is 6.58 Å². The fourth-order valence-corrected chi connectivity index (χ4v) is 0.912. The van der Waals surface area contributed by atoms with E-state index in [9.17, 15) is 9.59 Å². The topological polar surface area (TPSA) is 52.6 Å². The van der Waals surface area contributed by atoms with E-state index in [0.717, 1.165) is 0 Å². The molecule has 4 heteroatoms. The molecule has 0 aliphatic rings. The van der Waals surface area contributed by atoms with Gasteiger partial charge in [0.25, 0.3) is 0 Å². The normalized spacial score (nSPS) is 11.6. The van der Waals surface area contributed by atoms with Crippen LogP contribution in [0.4, 0.5) is 0 Å². The highest BCUT2D eigenvalue weighted by Crippen LogP contribution is 2.08. The van der Waals surface area contributed by atoms with Crippen LogP contribution in [-0.4, -0.2) is 25.2 Å². The van der Waals surface area contributed by atoms with Crippen LogP contribution in [0.15, 0.2) is 12.7 Å². The first-order chi connectivity index (χ1) is 6.65. The Morgan fingerprint density at radius 2 is 1.86 bits per heavy atom. The van der Waals surface area contributed by atoms with Crippen LogP contribution in [-0.2, 0) is 19.1 Å². The average molecular weight is 200 g/mol. The number of hydrogen-bond acceptors (Lipinski definition) is 4. The quantitative estimate of drug-likeness (QED) is 0.479. The second kappa shape index (κ2) is 7.12. The van der Waals surface area contributed by atoms with Gasteiger partial charge in [-0.1, -0.05) is 6.08 Å². The minimum atomic E-state index is -0.603. The fourth-order valence-electron chi connectivity index (χ4n) is 0.912. The van der Waals surface area contributed by atoms with E-state index in [-0.39, 0.29) is 6.42 Å². The Hall–Kier alpha value is -1.32. The summed E-state index contributed by atoms with van der Waals surface area (Å²) in [5.41, 5.74) is 0. The monoisotopic (exact) mass is 200 g/mol. The third-order valence-corrected chi connectivity index (χ3v) is 1.57. The van der Waals surface area contributed by atoms with Gasteiger partial charge in [0.1, 0.15) is 0 Å². The average Bonchev–Trinajstić information content (AvgIpc) is 2.15. The summed E-state index contributed by atoms with van der Waals surface area (Å²) in [4.78, 5) is 22.3. The largest absolute Gasteiger partial charge is 0.466 e. The zero-order valence-electron chi connectivity index (χ0n) is 8.62. The predicted octanol–water partition coefficient (Wildman–Crippen LogP) is 1.30. The number of rotatable bonds is 6. The van der Waals surface area contributed by atoms with Gasteiger partial charge in [0.15, 0.2) is 0 Å². The molecular weight excluding hydrogens is 184 g/mol. The van der Waals surface area contributed by atoms with Crippen molar-refractivity contribution in [2.24, 2.45) is 5.92 Å². The van der Waals surface area contributed by atoms with Crippen LogP contribution in [0.5, 0.6) is 0 Å². The summed E-state index contributed by atoms with van der Waals surface area (Å²) in [6.45, 7) is 7.50. The lowest BCUT2D eigenvalue weighted by atomic mass is 10.1. The van der Waals surface area contributed by atoms with Crippen LogP contribution in [0.3, 0.4) is 0 Å². The Kier molecular flexibility index (Phi) is 6.45. The van der Waals surface area contributed by atoms with E-state index >= 15 is 0 Å². The molecule has 0 aromatic carbocycles. The number of carbonyl (C=O) groups excluding carboxylic acids is 2. The van der Waals surface area contributed by atoms with E-state index in [1.807, 2.05) is 0 Å². The molecule has 0 aliphatic heterocycles. The number of carbonyl (C=O) groups is 2. The molecule has 0 aliphatic carbocycles. The number of esters is 2. The Morgan fingerprint density at radius 3 is 2.29 bits per heavy atom. The molecule has 0 heterocycles. The van der Waals surface area contributed by atoms with Crippen molar-refractivity contribution in [3.63, 3.8) is 0 Å². The first-order valence-electron chi connectivity index (χ1n) is 4.60. The van der Waals surface area contributed by atoms with Gasteiger partial charge in [0.05, 0.1) is 25.6 Å². The summed E-state index contributed by atoms with van der Waals surface area (Å²) in [6.07, 6.45) is 1.39. The maximum Gasteiger partial charge on any atom is 0.313 e. The van der Waals surface area contributed by atoms with Crippen molar-refractivity contribution in [2.75, 3.05) is 13.2 Å². The zero-order chi connectivity index (χ0) is 11.0. The summed E-state index contributed by atoms with van der Waals surface area (Å²) in [5, 5.41) is 0. The van der Waals surface area contributed by atoms with Crippen molar-refractivity contribution in [2.45, 2.75) is 20.3 Å². The molecular formula is C10H16O4. The van der Waals surface area contributed by atoms with Gasteiger partial charge in [-0.2, -0.15) is 0 Å². The second-order valence-electron chi connectivity index (χ2n) is 2.60. The summed E-state index contributed by atoms with van der Waals surface area (Å²) >= 11 is 0. The third kappa shape index (κ3) is 4.64. The van der Waals surface area contributed by atoms with E-state index in [1.165, 1.54) is 6.08 Å². The Bertz CT molecular complexity index is 210. The summed E-state index contributed by atoms with van der Waals surface area (Å²) in [7, 11) is 0. The first kappa shape index (κ1) is 12.7. The Morgan fingerprint density at radius 1 is 1.29 bits per heavy atom. The number of hydrogen-bond donors (Lipinski definition) is 0. The Labute approximate surface area is 83.9 Å². The van der Waals surface area contributed by atoms with Gasteiger partial charge in [-0.15, -0.1) is 6.58 Å². The van der Waals surface area contributed by atoms with Crippen LogP contribution in [0.25, 0.3) is 0 Å². The minimum absolute atomic E-state index is 0.00380. The summed E-state index contributed by atoms with van der Waals surface area (Å²) < 4.78 is 9.46. The van der Waals surface area contributed by atoms with Crippen LogP contribution in [0.2, 0.25) is 0 Å². The van der Waals surface area contributed by atoms with Crippen LogP contribution in [0, 0.1) is 5.92 Å². The molecule has 0 rings (SSSR count). The molecule has 0 N–H and O–H groups in total. The third-order valence-electron chi connectivity index (χ3n) is 1.57. The standard InChI is InChI=1S/C10H16O4/c1-4-8(10(12)14-6-3)7-9(11)13-5-2/h4,8H,1,5-7H2,2-3H3. The van der Waals surface area contributed by atoms with Gasteiger partial charge in [-0.25, -0.2) is 0 Å². The predicted molar refractivity (Wildman–Crippen MR) is 51.6 cm³/mol. The van der Waals surface area contributed by atoms with E-state index in [1.54, 1.807) is 13.8 Å². The minimum Gasteiger partial charge on any atom is -0.466 e. The van der Waals surface area contributed by atoms with Crippen molar-refractivity contribution in [1.29, 1.82) is 0 Å². The molecule has 1 atom stereocenters. The molecule has 0 amide bonds. The highest BCUT2D eigenvalue weighted by Gasteiger charge is 2.20. The SMILES string of the molecule is C=CC(CC(=O)OCC)C(=O)OCC. The molecule has 0 bridgehead atoms. The molecule has 0 fully saturated rings. The lowest BCUT2D eigenvalue weighted by molar-refractivity contribution is -0.152. The van der Waals surface area contributed by atoms with E-state index in [0.29, 0.717) is 13.2 Å². The maximum absolute atomic E-state index is 11.2. The lowest BCUT2D eigenvalue weighted by Crippen LogP contribution is -2.20. The zero-order valence-corrected chi connectivity index (χ0v) is 8.62. The number of ether oxygens (including phenoxy) is 2. The summed E-state index contributed by atoms with van der Waals surface area (Å²) in [5.74, 6) is -1.45. The van der Waals surface area contributed by atoms with E-state index < -0.39 is 17.9 Å². The maximum atomic E-state index is 11.2. The lowest BCUT2D eigenvalue weighted by Gasteiger charge is -2.09. The van der Waals surface area contributed by atoms with E-state index in [4.69, 9.17) is 9.47 Å². The molecule has 1 unspecified atom stereocenters. The highest BCUT2D eigenvalue weighted by atomic mass is 16.5. The summed E-state index contributed by atoms with van der Waals surface area (Å²) in [6, 6.07) is 0. The smallest absolute Gasteiger partial charge is 0.313 e. The van der Waals surface area contributed by atoms with Crippen molar-refractivity contribution in [3.05, 3.63) is 12.7 Å². The van der Waals surface area contributed by atoms with Gasteiger partial charge in [-0.05, 0) is 13.8 Å². The van der Waals surface area contributed by atoms with Crippen LogP contribution >= 0.6 is 0 Å². The van der Waals surface area contributed by atoms with Gasteiger partial charge < -0.3 is 9.47 Å². The molecule has 80 valence electrons. The van der Waals surface area contributed by atoms with Crippen LogP contribution in [0.1, 0.15) is 20.3 Å². The molecule has 0 aromatic heterocycles. The van der Waals surface area contributed by atoms with Crippen molar-refractivity contribution < 1.29 is 19.1 Å². The van der Waals surface area contributed by atoms with Gasteiger partial charge >= 0.3 is 11.9 Å². The Balaban J connectivity index is 4.07. The highest BCUT2D eigenvalue weighted by molar-refractivity contribution is 5.81. The fraction of sp³-hybridized carbons (Fsp3) is 0.600. The van der Waals surface area contributed by atoms with Crippen molar-refractivity contribution in [3.8, 4) is 0 Å².